The summed E-state index contributed by atoms with van der Waals surface area (Å²) in [7, 11) is -1.02. The second-order valence-corrected chi connectivity index (χ2v) is 7.13. The molecule has 0 aliphatic rings. The maximum absolute atomic E-state index is 10.6. The molecule has 0 saturated heterocycles. The molecule has 120 valence electrons. The van der Waals surface area contributed by atoms with Gasteiger partial charge in [0, 0.05) is 21.9 Å². The average Bonchev–Trinajstić information content (AvgIpc) is 2.83. The van der Waals surface area contributed by atoms with Crippen molar-refractivity contribution in [1.29, 1.82) is 0 Å². The summed E-state index contributed by atoms with van der Waals surface area (Å²) in [5.41, 5.74) is 1.68. The molecule has 3 nitrogen and oxygen atoms in total. The van der Waals surface area contributed by atoms with E-state index in [-0.39, 0.29) is 5.92 Å². The monoisotopic (exact) mass is 330 g/mol. The lowest BCUT2D eigenvalue weighted by Crippen LogP contribution is -2.44. The SMILES string of the molecule is CC(C)C(C)(C)OB(O)c1cccc2oc3cc(Cl)ccc3c12. The molecule has 1 heterocycles. The highest BCUT2D eigenvalue weighted by atomic mass is 35.5. The number of halogens is 1. The van der Waals surface area contributed by atoms with Gasteiger partial charge in [-0.15, -0.1) is 0 Å². The van der Waals surface area contributed by atoms with Crippen molar-refractivity contribution in [2.75, 3.05) is 0 Å². The Morgan fingerprint density at radius 2 is 1.91 bits per heavy atom. The Labute approximate surface area is 141 Å². The van der Waals surface area contributed by atoms with Gasteiger partial charge in [0.25, 0.3) is 0 Å². The van der Waals surface area contributed by atoms with E-state index in [2.05, 4.69) is 13.8 Å². The summed E-state index contributed by atoms with van der Waals surface area (Å²) in [6.07, 6.45) is 0. The molecule has 0 amide bonds. The third kappa shape index (κ3) is 2.99. The van der Waals surface area contributed by atoms with Gasteiger partial charge in [0.2, 0.25) is 0 Å². The number of hydrogen-bond donors (Lipinski definition) is 1. The van der Waals surface area contributed by atoms with E-state index in [1.807, 2.05) is 44.2 Å². The molecular formula is C18H20BClO3. The minimum Gasteiger partial charge on any atom is -0.456 e. The smallest absolute Gasteiger partial charge is 0.456 e. The standard InChI is InChI=1S/C18H20BClO3/c1-11(2)18(3,4)23-19(21)14-6-5-7-15-17(14)13-9-8-12(20)10-16(13)22-15/h5-11,21H,1-4H3. The summed E-state index contributed by atoms with van der Waals surface area (Å²) >= 11 is 6.04. The minimum absolute atomic E-state index is 0.274. The molecule has 23 heavy (non-hydrogen) atoms. The van der Waals surface area contributed by atoms with Gasteiger partial charge in [0.15, 0.2) is 0 Å². The minimum atomic E-state index is -1.02. The molecule has 0 aliphatic carbocycles. The normalized spacial score (nSPS) is 12.5. The third-order valence-corrected chi connectivity index (χ3v) is 4.80. The van der Waals surface area contributed by atoms with Crippen molar-refractivity contribution in [1.82, 2.24) is 0 Å². The van der Waals surface area contributed by atoms with Gasteiger partial charge >= 0.3 is 7.12 Å². The van der Waals surface area contributed by atoms with E-state index in [9.17, 15) is 5.02 Å². The van der Waals surface area contributed by atoms with Crippen molar-refractivity contribution in [3.05, 3.63) is 41.4 Å². The van der Waals surface area contributed by atoms with Gasteiger partial charge in [-0.1, -0.05) is 37.6 Å². The molecule has 0 spiro atoms. The summed E-state index contributed by atoms with van der Waals surface area (Å²) < 4.78 is 11.8. The summed E-state index contributed by atoms with van der Waals surface area (Å²) in [5, 5.41) is 13.1. The summed E-state index contributed by atoms with van der Waals surface area (Å²) in [6.45, 7) is 8.10. The lowest BCUT2D eigenvalue weighted by atomic mass is 9.75. The Hall–Kier alpha value is -1.49. The molecule has 0 aliphatic heterocycles. The Balaban J connectivity index is 2.12. The highest BCUT2D eigenvalue weighted by Gasteiger charge is 2.32. The number of benzene rings is 2. The van der Waals surface area contributed by atoms with E-state index in [1.54, 1.807) is 6.07 Å². The number of furan rings is 1. The van der Waals surface area contributed by atoms with Crippen LogP contribution in [0.5, 0.6) is 0 Å². The fraction of sp³-hybridized carbons (Fsp3) is 0.333. The van der Waals surface area contributed by atoms with Gasteiger partial charge in [0.1, 0.15) is 11.2 Å². The van der Waals surface area contributed by atoms with E-state index in [1.165, 1.54) is 0 Å². The van der Waals surface area contributed by atoms with Gasteiger partial charge in [-0.3, -0.25) is 0 Å². The molecule has 0 fully saturated rings. The summed E-state index contributed by atoms with van der Waals surface area (Å²) in [6, 6.07) is 11.1. The number of fused-ring (bicyclic) bond motifs is 3. The highest BCUT2D eigenvalue weighted by Crippen LogP contribution is 2.30. The summed E-state index contributed by atoms with van der Waals surface area (Å²) in [4.78, 5) is 0. The molecule has 2 aromatic carbocycles. The van der Waals surface area contributed by atoms with Crippen molar-refractivity contribution >= 4 is 46.1 Å². The lowest BCUT2D eigenvalue weighted by molar-refractivity contribution is 0.0424. The average molecular weight is 331 g/mol. The molecule has 0 bridgehead atoms. The molecular weight excluding hydrogens is 310 g/mol. The molecule has 0 atom stereocenters. The summed E-state index contributed by atoms with van der Waals surface area (Å²) in [5.74, 6) is 0.274. The van der Waals surface area contributed by atoms with Crippen LogP contribution in [-0.2, 0) is 4.65 Å². The maximum atomic E-state index is 10.6. The second-order valence-electron chi connectivity index (χ2n) is 6.69. The molecule has 3 rings (SSSR count). The second kappa shape index (κ2) is 5.86. The first-order valence-electron chi connectivity index (χ1n) is 7.76. The van der Waals surface area contributed by atoms with Crippen LogP contribution >= 0.6 is 11.6 Å². The zero-order valence-electron chi connectivity index (χ0n) is 13.8. The van der Waals surface area contributed by atoms with Crippen LogP contribution in [-0.4, -0.2) is 17.7 Å². The van der Waals surface area contributed by atoms with Crippen LogP contribution in [0.1, 0.15) is 27.7 Å². The maximum Gasteiger partial charge on any atom is 0.492 e. The van der Waals surface area contributed by atoms with E-state index in [0.29, 0.717) is 21.7 Å². The van der Waals surface area contributed by atoms with Crippen molar-refractivity contribution in [2.45, 2.75) is 33.3 Å². The van der Waals surface area contributed by atoms with Gasteiger partial charge in [-0.2, -0.15) is 0 Å². The van der Waals surface area contributed by atoms with E-state index in [4.69, 9.17) is 20.7 Å². The van der Waals surface area contributed by atoms with Crippen molar-refractivity contribution in [2.24, 2.45) is 5.92 Å². The fourth-order valence-electron chi connectivity index (χ4n) is 2.52. The first kappa shape index (κ1) is 16.4. The van der Waals surface area contributed by atoms with Crippen molar-refractivity contribution in [3.8, 4) is 0 Å². The largest absolute Gasteiger partial charge is 0.492 e. The van der Waals surface area contributed by atoms with Gasteiger partial charge < -0.3 is 14.1 Å². The van der Waals surface area contributed by atoms with Crippen LogP contribution in [0.3, 0.4) is 0 Å². The first-order valence-corrected chi connectivity index (χ1v) is 8.14. The first-order chi connectivity index (χ1) is 10.8. The number of rotatable bonds is 4. The molecule has 1 aromatic heterocycles. The Morgan fingerprint density at radius 3 is 2.61 bits per heavy atom. The number of hydrogen-bond acceptors (Lipinski definition) is 3. The predicted molar refractivity (Wildman–Crippen MR) is 96.3 cm³/mol. The van der Waals surface area contributed by atoms with Crippen molar-refractivity contribution in [3.63, 3.8) is 0 Å². The van der Waals surface area contributed by atoms with Crippen LogP contribution in [0, 0.1) is 5.92 Å². The van der Waals surface area contributed by atoms with Crippen molar-refractivity contribution < 1.29 is 14.1 Å². The molecule has 5 heteroatoms. The van der Waals surface area contributed by atoms with Gasteiger partial charge in [-0.05, 0) is 43.4 Å². The molecule has 0 unspecified atom stereocenters. The predicted octanol–water partition coefficient (Wildman–Crippen LogP) is 4.38. The zero-order valence-corrected chi connectivity index (χ0v) is 14.5. The third-order valence-electron chi connectivity index (χ3n) is 4.56. The zero-order chi connectivity index (χ0) is 16.8. The van der Waals surface area contributed by atoms with E-state index in [0.717, 1.165) is 10.8 Å². The van der Waals surface area contributed by atoms with Crippen LogP contribution in [0.4, 0.5) is 0 Å². The lowest BCUT2D eigenvalue weighted by Gasteiger charge is -2.31. The molecule has 0 radical (unpaired) electrons. The molecule has 1 N–H and O–H groups in total. The molecule has 0 saturated carbocycles. The quantitative estimate of drug-likeness (QED) is 0.722. The van der Waals surface area contributed by atoms with Crippen LogP contribution in [0.2, 0.25) is 5.02 Å². The van der Waals surface area contributed by atoms with E-state index < -0.39 is 12.7 Å². The highest BCUT2D eigenvalue weighted by molar-refractivity contribution is 6.64. The van der Waals surface area contributed by atoms with Crippen LogP contribution in [0.15, 0.2) is 40.8 Å². The van der Waals surface area contributed by atoms with E-state index >= 15 is 0 Å². The topological polar surface area (TPSA) is 42.6 Å². The van der Waals surface area contributed by atoms with Crippen LogP contribution < -0.4 is 5.46 Å². The Bertz CT molecular complexity index is 854. The Morgan fingerprint density at radius 1 is 1.17 bits per heavy atom. The Kier molecular flexibility index (Phi) is 4.17. The fourth-order valence-corrected chi connectivity index (χ4v) is 2.68. The molecule has 3 aromatic rings. The van der Waals surface area contributed by atoms with Crippen LogP contribution in [0.25, 0.3) is 21.9 Å². The van der Waals surface area contributed by atoms with Gasteiger partial charge in [0.05, 0.1) is 5.60 Å². The van der Waals surface area contributed by atoms with Gasteiger partial charge in [-0.25, -0.2) is 0 Å².